The molecule has 1 aliphatic rings. The lowest BCUT2D eigenvalue weighted by Crippen LogP contribution is -2.46. The fourth-order valence-electron chi connectivity index (χ4n) is 2.25. The van der Waals surface area contributed by atoms with Gasteiger partial charge >= 0.3 is 0 Å². The highest BCUT2D eigenvalue weighted by Gasteiger charge is 2.28. The number of hydrogen-bond donors (Lipinski definition) is 2. The molecule has 0 bridgehead atoms. The van der Waals surface area contributed by atoms with Gasteiger partial charge in [0.2, 0.25) is 15.9 Å². The number of carbonyl (C=O) groups excluding carboxylic acids is 1. The van der Waals surface area contributed by atoms with Gasteiger partial charge in [-0.15, -0.1) is 0 Å². The maximum atomic E-state index is 12.7. The van der Waals surface area contributed by atoms with Crippen molar-refractivity contribution in [3.63, 3.8) is 0 Å². The van der Waals surface area contributed by atoms with Gasteiger partial charge in [0, 0.05) is 37.6 Å². The van der Waals surface area contributed by atoms with Crippen LogP contribution in [0.25, 0.3) is 0 Å². The van der Waals surface area contributed by atoms with E-state index in [-0.39, 0.29) is 10.8 Å². The molecule has 1 heterocycles. The van der Waals surface area contributed by atoms with E-state index in [1.54, 1.807) is 19.1 Å². The molecule has 1 aromatic carbocycles. The molecule has 0 atom stereocenters. The third-order valence-electron chi connectivity index (χ3n) is 3.27. The minimum absolute atomic E-state index is 0.201. The molecule has 0 radical (unpaired) electrons. The topological polar surface area (TPSA) is 78.5 Å². The number of hydrogen-bond acceptors (Lipinski definition) is 4. The predicted octanol–water partition coefficient (Wildman–Crippen LogP) is 1.31. The van der Waals surface area contributed by atoms with Crippen molar-refractivity contribution in [1.82, 2.24) is 9.62 Å². The number of sulfonamides is 1. The molecule has 8 heteroatoms. The van der Waals surface area contributed by atoms with E-state index in [0.717, 1.165) is 0 Å². The first-order valence-electron chi connectivity index (χ1n) is 6.61. The van der Waals surface area contributed by atoms with Crippen LogP contribution in [0.1, 0.15) is 12.5 Å². The van der Waals surface area contributed by atoms with Gasteiger partial charge in [-0.05, 0) is 40.5 Å². The normalized spacial score (nSPS) is 16.7. The Bertz CT molecular complexity index is 655. The van der Waals surface area contributed by atoms with E-state index in [1.165, 1.54) is 11.2 Å². The molecule has 0 aliphatic carbocycles. The summed E-state index contributed by atoms with van der Waals surface area (Å²) in [7, 11) is -3.51. The van der Waals surface area contributed by atoms with Crippen LogP contribution in [0, 0.1) is 6.92 Å². The van der Waals surface area contributed by atoms with Gasteiger partial charge in [-0.25, -0.2) is 8.42 Å². The summed E-state index contributed by atoms with van der Waals surface area (Å²) in [6.45, 7) is 5.38. The Morgan fingerprint density at radius 3 is 2.52 bits per heavy atom. The average molecular weight is 376 g/mol. The van der Waals surface area contributed by atoms with Crippen LogP contribution in [-0.4, -0.2) is 44.8 Å². The van der Waals surface area contributed by atoms with Crippen molar-refractivity contribution >= 4 is 37.5 Å². The molecule has 2 N–H and O–H groups in total. The maximum absolute atomic E-state index is 12.7. The molecule has 0 saturated carbocycles. The SMILES string of the molecule is CC(=O)Nc1cc(C)c(S(=O)(=O)N2CCNCC2)cc1Br. The summed E-state index contributed by atoms with van der Waals surface area (Å²) >= 11 is 3.32. The van der Waals surface area contributed by atoms with Crippen LogP contribution in [0.5, 0.6) is 0 Å². The number of halogens is 1. The van der Waals surface area contributed by atoms with Gasteiger partial charge in [0.05, 0.1) is 10.6 Å². The Morgan fingerprint density at radius 2 is 1.95 bits per heavy atom. The van der Waals surface area contributed by atoms with Gasteiger partial charge in [0.25, 0.3) is 0 Å². The molecular formula is C13H18BrN3O3S. The number of rotatable bonds is 3. The van der Waals surface area contributed by atoms with E-state index in [9.17, 15) is 13.2 Å². The predicted molar refractivity (Wildman–Crippen MR) is 84.8 cm³/mol. The maximum Gasteiger partial charge on any atom is 0.243 e. The van der Waals surface area contributed by atoms with Crippen LogP contribution >= 0.6 is 15.9 Å². The lowest BCUT2D eigenvalue weighted by Gasteiger charge is -2.27. The zero-order chi connectivity index (χ0) is 15.6. The number of nitrogens with one attached hydrogen (secondary N) is 2. The van der Waals surface area contributed by atoms with Crippen LogP contribution in [0.4, 0.5) is 5.69 Å². The highest BCUT2D eigenvalue weighted by molar-refractivity contribution is 9.10. The van der Waals surface area contributed by atoms with Crippen LogP contribution in [0.15, 0.2) is 21.5 Å². The zero-order valence-corrected chi connectivity index (χ0v) is 14.3. The van der Waals surface area contributed by atoms with Crippen LogP contribution in [0.3, 0.4) is 0 Å². The van der Waals surface area contributed by atoms with E-state index < -0.39 is 10.0 Å². The van der Waals surface area contributed by atoms with E-state index >= 15 is 0 Å². The van der Waals surface area contributed by atoms with E-state index in [4.69, 9.17) is 0 Å². The number of piperazine rings is 1. The molecule has 6 nitrogen and oxygen atoms in total. The molecule has 0 spiro atoms. The second-order valence-corrected chi connectivity index (χ2v) is 7.69. The van der Waals surface area contributed by atoms with Crippen molar-refractivity contribution < 1.29 is 13.2 Å². The number of anilines is 1. The Kier molecular flexibility index (Phi) is 5.03. The molecule has 116 valence electrons. The van der Waals surface area contributed by atoms with Crippen LogP contribution in [-0.2, 0) is 14.8 Å². The summed E-state index contributed by atoms with van der Waals surface area (Å²) in [4.78, 5) is 11.4. The van der Waals surface area contributed by atoms with Crippen LogP contribution in [0.2, 0.25) is 0 Å². The van der Waals surface area contributed by atoms with Crippen molar-refractivity contribution in [3.05, 3.63) is 22.2 Å². The number of aryl methyl sites for hydroxylation is 1. The Morgan fingerprint density at radius 1 is 1.33 bits per heavy atom. The van der Waals surface area contributed by atoms with Crippen LogP contribution < -0.4 is 10.6 Å². The summed E-state index contributed by atoms with van der Waals surface area (Å²) in [5.41, 5.74) is 1.18. The molecule has 21 heavy (non-hydrogen) atoms. The van der Waals surface area contributed by atoms with E-state index in [0.29, 0.717) is 41.9 Å². The Hall–Kier alpha value is -0.960. The summed E-state index contributed by atoms with van der Waals surface area (Å²) in [5, 5.41) is 5.80. The summed E-state index contributed by atoms with van der Waals surface area (Å²) < 4.78 is 27.4. The van der Waals surface area contributed by atoms with Crippen molar-refractivity contribution in [1.29, 1.82) is 0 Å². The van der Waals surface area contributed by atoms with Crippen molar-refractivity contribution in [3.8, 4) is 0 Å². The molecule has 0 aromatic heterocycles. The second kappa shape index (κ2) is 6.43. The highest BCUT2D eigenvalue weighted by Crippen LogP contribution is 2.30. The lowest BCUT2D eigenvalue weighted by atomic mass is 10.2. The van der Waals surface area contributed by atoms with Gasteiger partial charge in [-0.3, -0.25) is 4.79 Å². The quantitative estimate of drug-likeness (QED) is 0.834. The van der Waals surface area contributed by atoms with Gasteiger partial charge in [-0.2, -0.15) is 4.31 Å². The van der Waals surface area contributed by atoms with Crippen molar-refractivity contribution in [2.45, 2.75) is 18.7 Å². The fourth-order valence-corrected chi connectivity index (χ4v) is 4.52. The number of benzene rings is 1. The lowest BCUT2D eigenvalue weighted by molar-refractivity contribution is -0.114. The van der Waals surface area contributed by atoms with Crippen molar-refractivity contribution in [2.24, 2.45) is 0 Å². The Balaban J connectivity index is 2.39. The third-order valence-corrected chi connectivity index (χ3v) is 5.97. The number of carbonyl (C=O) groups is 1. The van der Waals surface area contributed by atoms with E-state index in [2.05, 4.69) is 26.6 Å². The fraction of sp³-hybridized carbons (Fsp3) is 0.462. The molecule has 1 amide bonds. The monoisotopic (exact) mass is 375 g/mol. The standard InChI is InChI=1S/C13H18BrN3O3S/c1-9-7-12(16-10(2)18)11(14)8-13(9)21(19,20)17-5-3-15-4-6-17/h7-8,15H,3-6H2,1-2H3,(H,16,18). The van der Waals surface area contributed by atoms with Gasteiger partial charge in [0.1, 0.15) is 0 Å². The first kappa shape index (κ1) is 16.4. The first-order chi connectivity index (χ1) is 9.82. The minimum Gasteiger partial charge on any atom is -0.325 e. The smallest absolute Gasteiger partial charge is 0.243 e. The number of amides is 1. The third kappa shape index (κ3) is 3.63. The molecule has 1 saturated heterocycles. The number of nitrogens with zero attached hydrogens (tertiary/aromatic N) is 1. The zero-order valence-electron chi connectivity index (χ0n) is 11.9. The minimum atomic E-state index is -3.51. The molecule has 1 fully saturated rings. The largest absolute Gasteiger partial charge is 0.325 e. The Labute approximate surface area is 133 Å². The molecule has 0 unspecified atom stereocenters. The molecular weight excluding hydrogens is 358 g/mol. The van der Waals surface area contributed by atoms with Gasteiger partial charge in [-0.1, -0.05) is 0 Å². The molecule has 1 aromatic rings. The van der Waals surface area contributed by atoms with Crippen molar-refractivity contribution in [2.75, 3.05) is 31.5 Å². The average Bonchev–Trinajstić information content (AvgIpc) is 2.42. The first-order valence-corrected chi connectivity index (χ1v) is 8.84. The summed E-state index contributed by atoms with van der Waals surface area (Å²) in [6.07, 6.45) is 0. The van der Waals surface area contributed by atoms with Gasteiger partial charge in [0.15, 0.2) is 0 Å². The van der Waals surface area contributed by atoms with Gasteiger partial charge < -0.3 is 10.6 Å². The molecule has 1 aliphatic heterocycles. The summed E-state index contributed by atoms with van der Waals surface area (Å²) in [6, 6.07) is 3.22. The summed E-state index contributed by atoms with van der Waals surface area (Å²) in [5.74, 6) is -0.201. The van der Waals surface area contributed by atoms with E-state index in [1.807, 2.05) is 0 Å². The highest BCUT2D eigenvalue weighted by atomic mass is 79.9. The molecule has 2 rings (SSSR count). The second-order valence-electron chi connectivity index (χ2n) is 4.93.